The Morgan fingerprint density at radius 3 is 2.24 bits per heavy atom. The van der Waals surface area contributed by atoms with Crippen molar-refractivity contribution >= 4 is 15.7 Å². The minimum Gasteiger partial charge on any atom is -0.494 e. The van der Waals surface area contributed by atoms with Crippen LogP contribution in [-0.2, 0) is 10.0 Å². The van der Waals surface area contributed by atoms with Crippen LogP contribution in [0.25, 0.3) is 0 Å². The van der Waals surface area contributed by atoms with Gasteiger partial charge in [0.2, 0.25) is 10.0 Å². The molecule has 2 aromatic rings. The molecule has 2 rings (SSSR count). The lowest BCUT2D eigenvalue weighted by Crippen LogP contribution is -2.14. The Kier molecular flexibility index (Phi) is 4.35. The van der Waals surface area contributed by atoms with Gasteiger partial charge in [-0.05, 0) is 43.3 Å². The molecule has 4 N–H and O–H groups in total. The van der Waals surface area contributed by atoms with E-state index in [-0.39, 0.29) is 16.3 Å². The Morgan fingerprint density at radius 2 is 1.67 bits per heavy atom. The Labute approximate surface area is 123 Å². The number of nitrogen functional groups attached to an aromatic ring is 1. The monoisotopic (exact) mass is 308 g/mol. The van der Waals surface area contributed by atoms with Gasteiger partial charge in [0.25, 0.3) is 0 Å². The van der Waals surface area contributed by atoms with Crippen molar-refractivity contribution in [3.63, 3.8) is 0 Å². The Balaban J connectivity index is 2.28. The SMILES string of the molecule is CCOc1ccc(Oc2cccc(S(N)(=O)=O)c2N)cc1. The quantitative estimate of drug-likeness (QED) is 0.823. The van der Waals surface area contributed by atoms with E-state index in [1.165, 1.54) is 12.1 Å². The van der Waals surface area contributed by atoms with Gasteiger partial charge < -0.3 is 15.2 Å². The van der Waals surface area contributed by atoms with Crippen LogP contribution in [0.3, 0.4) is 0 Å². The van der Waals surface area contributed by atoms with Gasteiger partial charge in [-0.1, -0.05) is 6.07 Å². The molecule has 7 heteroatoms. The predicted octanol–water partition coefficient (Wildman–Crippen LogP) is 2.11. The number of nitrogens with two attached hydrogens (primary N) is 2. The van der Waals surface area contributed by atoms with Crippen LogP contribution in [0, 0.1) is 0 Å². The first-order valence-electron chi connectivity index (χ1n) is 6.24. The lowest BCUT2D eigenvalue weighted by molar-refractivity contribution is 0.339. The van der Waals surface area contributed by atoms with Crippen LogP contribution in [0.15, 0.2) is 47.4 Å². The Bertz CT molecular complexity index is 727. The maximum absolute atomic E-state index is 11.4. The molecule has 0 unspecified atom stereocenters. The number of primary sulfonamides is 1. The van der Waals surface area contributed by atoms with Crippen LogP contribution in [0.5, 0.6) is 17.2 Å². The van der Waals surface area contributed by atoms with Crippen molar-refractivity contribution in [3.8, 4) is 17.2 Å². The van der Waals surface area contributed by atoms with Gasteiger partial charge in [0, 0.05) is 0 Å². The summed E-state index contributed by atoms with van der Waals surface area (Å²) in [6.45, 7) is 2.47. The van der Waals surface area contributed by atoms with E-state index in [1.807, 2.05) is 6.92 Å². The highest BCUT2D eigenvalue weighted by molar-refractivity contribution is 7.89. The summed E-state index contributed by atoms with van der Waals surface area (Å²) in [6, 6.07) is 11.3. The smallest absolute Gasteiger partial charge is 0.240 e. The first-order chi connectivity index (χ1) is 9.91. The van der Waals surface area contributed by atoms with E-state index in [2.05, 4.69) is 0 Å². The number of para-hydroxylation sites is 1. The predicted molar refractivity (Wildman–Crippen MR) is 79.9 cm³/mol. The molecule has 0 saturated carbocycles. The second kappa shape index (κ2) is 6.02. The van der Waals surface area contributed by atoms with Crippen molar-refractivity contribution in [2.45, 2.75) is 11.8 Å². The van der Waals surface area contributed by atoms with Crippen molar-refractivity contribution in [2.75, 3.05) is 12.3 Å². The van der Waals surface area contributed by atoms with Gasteiger partial charge in [0.1, 0.15) is 16.4 Å². The first-order valence-corrected chi connectivity index (χ1v) is 7.78. The van der Waals surface area contributed by atoms with Crippen molar-refractivity contribution in [1.82, 2.24) is 0 Å². The van der Waals surface area contributed by atoms with Gasteiger partial charge >= 0.3 is 0 Å². The summed E-state index contributed by atoms with van der Waals surface area (Å²) in [6.07, 6.45) is 0. The zero-order valence-electron chi connectivity index (χ0n) is 11.4. The zero-order chi connectivity index (χ0) is 15.5. The minimum absolute atomic E-state index is 0.0196. The highest BCUT2D eigenvalue weighted by Crippen LogP contribution is 2.32. The number of benzene rings is 2. The zero-order valence-corrected chi connectivity index (χ0v) is 12.3. The molecular formula is C14H16N2O4S. The summed E-state index contributed by atoms with van der Waals surface area (Å²) < 4.78 is 33.7. The molecule has 0 aromatic heterocycles. The van der Waals surface area contributed by atoms with Gasteiger partial charge in [-0.15, -0.1) is 0 Å². The fraction of sp³-hybridized carbons (Fsp3) is 0.143. The third-order valence-electron chi connectivity index (χ3n) is 2.70. The number of hydrogen-bond donors (Lipinski definition) is 2. The Hall–Kier alpha value is -2.25. The standard InChI is InChI=1S/C14H16N2O4S/c1-2-19-10-6-8-11(9-7-10)20-12-4-3-5-13(14(12)15)21(16,17)18/h3-9H,2,15H2,1H3,(H2,16,17,18). The summed E-state index contributed by atoms with van der Waals surface area (Å²) in [7, 11) is -3.89. The normalized spacial score (nSPS) is 11.1. The number of rotatable bonds is 5. The van der Waals surface area contributed by atoms with Crippen molar-refractivity contribution in [3.05, 3.63) is 42.5 Å². The maximum atomic E-state index is 11.4. The van der Waals surface area contributed by atoms with Crippen molar-refractivity contribution in [1.29, 1.82) is 0 Å². The van der Waals surface area contributed by atoms with E-state index in [4.69, 9.17) is 20.3 Å². The number of anilines is 1. The van der Waals surface area contributed by atoms with E-state index in [1.54, 1.807) is 30.3 Å². The summed E-state index contributed by atoms with van der Waals surface area (Å²) in [5, 5.41) is 5.09. The third-order valence-corrected chi connectivity index (χ3v) is 3.66. The summed E-state index contributed by atoms with van der Waals surface area (Å²) >= 11 is 0. The fourth-order valence-electron chi connectivity index (χ4n) is 1.76. The molecule has 0 spiro atoms. The molecule has 2 aromatic carbocycles. The van der Waals surface area contributed by atoms with Crippen LogP contribution >= 0.6 is 0 Å². The van der Waals surface area contributed by atoms with Gasteiger partial charge in [-0.2, -0.15) is 0 Å². The highest BCUT2D eigenvalue weighted by atomic mass is 32.2. The molecule has 112 valence electrons. The van der Waals surface area contributed by atoms with Crippen molar-refractivity contribution in [2.24, 2.45) is 5.14 Å². The molecule has 0 fully saturated rings. The molecule has 0 saturated heterocycles. The molecule has 0 amide bonds. The summed E-state index contributed by atoms with van der Waals surface area (Å²) in [5.74, 6) is 1.46. The molecule has 0 heterocycles. The second-order valence-corrected chi connectivity index (χ2v) is 5.75. The molecule has 6 nitrogen and oxygen atoms in total. The lowest BCUT2D eigenvalue weighted by Gasteiger charge is -2.11. The van der Waals surface area contributed by atoms with Crippen LogP contribution in [0.1, 0.15) is 6.92 Å². The maximum Gasteiger partial charge on any atom is 0.240 e. The van der Waals surface area contributed by atoms with E-state index in [0.29, 0.717) is 12.4 Å². The molecular weight excluding hydrogens is 292 g/mol. The van der Waals surface area contributed by atoms with Crippen LogP contribution in [-0.4, -0.2) is 15.0 Å². The van der Waals surface area contributed by atoms with Crippen LogP contribution in [0.2, 0.25) is 0 Å². The van der Waals surface area contributed by atoms with E-state index in [0.717, 1.165) is 5.75 Å². The van der Waals surface area contributed by atoms with E-state index in [9.17, 15) is 8.42 Å². The topological polar surface area (TPSA) is 105 Å². The average molecular weight is 308 g/mol. The van der Waals surface area contributed by atoms with Gasteiger partial charge in [0.15, 0.2) is 5.75 Å². The number of hydrogen-bond acceptors (Lipinski definition) is 5. The van der Waals surface area contributed by atoms with Crippen LogP contribution < -0.4 is 20.3 Å². The molecule has 0 atom stereocenters. The van der Waals surface area contributed by atoms with Gasteiger partial charge in [-0.3, -0.25) is 0 Å². The van der Waals surface area contributed by atoms with Crippen LogP contribution in [0.4, 0.5) is 5.69 Å². The molecule has 0 aliphatic heterocycles. The Morgan fingerprint density at radius 1 is 1.05 bits per heavy atom. The first kappa shape index (κ1) is 15.1. The third kappa shape index (κ3) is 3.65. The number of sulfonamides is 1. The fourth-order valence-corrected chi connectivity index (χ4v) is 2.43. The lowest BCUT2D eigenvalue weighted by atomic mass is 10.3. The average Bonchev–Trinajstić information content (AvgIpc) is 2.42. The summed E-state index contributed by atoms with van der Waals surface area (Å²) in [4.78, 5) is -0.161. The largest absolute Gasteiger partial charge is 0.494 e. The molecule has 0 aliphatic carbocycles. The van der Waals surface area contributed by atoms with E-state index < -0.39 is 10.0 Å². The summed E-state index contributed by atoms with van der Waals surface area (Å²) in [5.41, 5.74) is 5.77. The van der Waals surface area contributed by atoms with Gasteiger partial charge in [-0.25, -0.2) is 13.6 Å². The second-order valence-electron chi connectivity index (χ2n) is 4.22. The minimum atomic E-state index is -3.89. The van der Waals surface area contributed by atoms with Crippen molar-refractivity contribution < 1.29 is 17.9 Å². The molecule has 0 radical (unpaired) electrons. The molecule has 0 bridgehead atoms. The molecule has 0 aliphatic rings. The van der Waals surface area contributed by atoms with Gasteiger partial charge in [0.05, 0.1) is 12.3 Å². The van der Waals surface area contributed by atoms with E-state index >= 15 is 0 Å². The number of ether oxygens (including phenoxy) is 2. The highest BCUT2D eigenvalue weighted by Gasteiger charge is 2.15. The molecule has 21 heavy (non-hydrogen) atoms.